The Morgan fingerprint density at radius 1 is 1.24 bits per heavy atom. The predicted molar refractivity (Wildman–Crippen MR) is 115 cm³/mol. The molecule has 0 saturated carbocycles. The van der Waals surface area contributed by atoms with Gasteiger partial charge in [0.25, 0.3) is 5.56 Å². The van der Waals surface area contributed by atoms with Crippen molar-refractivity contribution in [3.05, 3.63) is 62.8 Å². The molecule has 29 heavy (non-hydrogen) atoms. The molecule has 2 N–H and O–H groups in total. The van der Waals surface area contributed by atoms with E-state index in [1.807, 2.05) is 30.9 Å². The monoisotopic (exact) mass is 416 g/mol. The van der Waals surface area contributed by atoms with Gasteiger partial charge < -0.3 is 15.2 Å². The van der Waals surface area contributed by atoms with Crippen LogP contribution < -0.4 is 10.9 Å². The molecular formula is C22H29ClN4O2. The number of aromatic nitrogens is 2. The minimum Gasteiger partial charge on any atom is -0.335 e. The van der Waals surface area contributed by atoms with Gasteiger partial charge in [-0.2, -0.15) is 0 Å². The number of carbonyl (C=O) groups is 1. The maximum absolute atomic E-state index is 13.3. The number of nitrogens with zero attached hydrogens (tertiary/aromatic N) is 2. The SMILES string of the molecule is CCc1nc(C)c(CC(=O)N2C[C@@H]3CNC[C@@H]3[C@H]2c2ccccc2C)c(=O)[nH]1.Cl. The van der Waals surface area contributed by atoms with Crippen LogP contribution in [0.3, 0.4) is 0 Å². The molecule has 7 heteroatoms. The maximum Gasteiger partial charge on any atom is 0.254 e. The third kappa shape index (κ3) is 3.96. The molecular weight excluding hydrogens is 388 g/mol. The number of hydrogen-bond donors (Lipinski definition) is 2. The first-order chi connectivity index (χ1) is 13.5. The van der Waals surface area contributed by atoms with E-state index in [2.05, 4.69) is 34.3 Å². The quantitative estimate of drug-likeness (QED) is 0.801. The second-order valence-electron chi connectivity index (χ2n) is 8.04. The van der Waals surface area contributed by atoms with E-state index in [0.29, 0.717) is 35.3 Å². The predicted octanol–water partition coefficient (Wildman–Crippen LogP) is 2.33. The zero-order valence-electron chi connectivity index (χ0n) is 17.2. The summed E-state index contributed by atoms with van der Waals surface area (Å²) in [7, 11) is 0. The lowest BCUT2D eigenvalue weighted by Gasteiger charge is -2.29. The highest BCUT2D eigenvalue weighted by molar-refractivity contribution is 5.85. The summed E-state index contributed by atoms with van der Waals surface area (Å²) in [6.07, 6.45) is 0.773. The third-order valence-corrected chi connectivity index (χ3v) is 6.33. The number of hydrogen-bond acceptors (Lipinski definition) is 4. The largest absolute Gasteiger partial charge is 0.335 e. The van der Waals surface area contributed by atoms with Gasteiger partial charge in [-0.3, -0.25) is 9.59 Å². The fourth-order valence-corrected chi connectivity index (χ4v) is 4.79. The molecule has 0 radical (unpaired) electrons. The fourth-order valence-electron chi connectivity index (χ4n) is 4.79. The summed E-state index contributed by atoms with van der Waals surface area (Å²) in [5.41, 5.74) is 3.38. The highest BCUT2D eigenvalue weighted by Gasteiger charge is 2.47. The van der Waals surface area contributed by atoms with Gasteiger partial charge in [-0.25, -0.2) is 4.98 Å². The van der Waals surface area contributed by atoms with E-state index in [0.717, 1.165) is 19.6 Å². The number of likely N-dealkylation sites (tertiary alicyclic amines) is 1. The normalized spacial score (nSPS) is 23.0. The average Bonchev–Trinajstić information content (AvgIpc) is 3.26. The highest BCUT2D eigenvalue weighted by atomic mass is 35.5. The molecule has 1 amide bonds. The summed E-state index contributed by atoms with van der Waals surface area (Å²) in [5.74, 6) is 1.57. The topological polar surface area (TPSA) is 78.1 Å². The molecule has 156 valence electrons. The Balaban J connectivity index is 0.00000240. The Kier molecular flexibility index (Phi) is 6.44. The van der Waals surface area contributed by atoms with Crippen LogP contribution in [0.4, 0.5) is 0 Å². The van der Waals surface area contributed by atoms with Gasteiger partial charge in [0.1, 0.15) is 5.82 Å². The molecule has 2 aliphatic heterocycles. The molecule has 0 unspecified atom stereocenters. The van der Waals surface area contributed by atoms with Crippen LogP contribution in [0, 0.1) is 25.7 Å². The smallest absolute Gasteiger partial charge is 0.254 e. The average molecular weight is 417 g/mol. The summed E-state index contributed by atoms with van der Waals surface area (Å²) in [5, 5.41) is 3.48. The fraction of sp³-hybridized carbons (Fsp3) is 0.500. The van der Waals surface area contributed by atoms with Crippen LogP contribution in [-0.2, 0) is 17.6 Å². The molecule has 6 nitrogen and oxygen atoms in total. The third-order valence-electron chi connectivity index (χ3n) is 6.33. The van der Waals surface area contributed by atoms with Crippen LogP contribution >= 0.6 is 12.4 Å². The molecule has 0 bridgehead atoms. The standard InChI is InChI=1S/C22H28N4O2.ClH/c1-4-19-24-14(3)17(22(28)25-19)9-20(27)26-12-15-10-23-11-18(15)21(26)16-8-6-5-7-13(16)2;/h5-8,15,18,21,23H,4,9-12H2,1-3H3,(H,24,25,28);1H/t15-,18-,21+;/m0./s1. The molecule has 2 fully saturated rings. The number of rotatable bonds is 4. The summed E-state index contributed by atoms with van der Waals surface area (Å²) in [6.45, 7) is 8.50. The molecule has 2 saturated heterocycles. The Hall–Kier alpha value is -2.18. The molecule has 3 atom stereocenters. The second kappa shape index (κ2) is 8.67. The lowest BCUT2D eigenvalue weighted by Crippen LogP contribution is -2.37. The molecule has 1 aromatic carbocycles. The van der Waals surface area contributed by atoms with Crippen molar-refractivity contribution >= 4 is 18.3 Å². The molecule has 3 heterocycles. The zero-order valence-corrected chi connectivity index (χ0v) is 18.0. The first kappa shape index (κ1) is 21.5. The van der Waals surface area contributed by atoms with Gasteiger partial charge in [-0.15, -0.1) is 12.4 Å². The van der Waals surface area contributed by atoms with Crippen molar-refractivity contribution < 1.29 is 4.79 Å². The van der Waals surface area contributed by atoms with Crippen molar-refractivity contribution in [1.82, 2.24) is 20.2 Å². The van der Waals surface area contributed by atoms with Crippen molar-refractivity contribution in [2.75, 3.05) is 19.6 Å². The van der Waals surface area contributed by atoms with E-state index in [1.54, 1.807) is 0 Å². The number of benzene rings is 1. The van der Waals surface area contributed by atoms with E-state index in [1.165, 1.54) is 11.1 Å². The highest BCUT2D eigenvalue weighted by Crippen LogP contribution is 2.43. The molecule has 4 rings (SSSR count). The molecule has 2 aliphatic rings. The number of amides is 1. The lowest BCUT2D eigenvalue weighted by atomic mass is 9.87. The lowest BCUT2D eigenvalue weighted by molar-refractivity contribution is -0.132. The number of fused-ring (bicyclic) bond motifs is 1. The van der Waals surface area contributed by atoms with Crippen molar-refractivity contribution in [1.29, 1.82) is 0 Å². The van der Waals surface area contributed by atoms with Crippen LogP contribution in [0.1, 0.15) is 41.2 Å². The van der Waals surface area contributed by atoms with Gasteiger partial charge in [-0.1, -0.05) is 31.2 Å². The van der Waals surface area contributed by atoms with Crippen molar-refractivity contribution in [3.8, 4) is 0 Å². The van der Waals surface area contributed by atoms with Crippen LogP contribution in [0.2, 0.25) is 0 Å². The first-order valence-corrected chi connectivity index (χ1v) is 10.1. The van der Waals surface area contributed by atoms with Crippen LogP contribution in [-0.4, -0.2) is 40.4 Å². The number of H-pyrrole nitrogens is 1. The minimum absolute atomic E-state index is 0. The molecule has 1 aromatic heterocycles. The van der Waals surface area contributed by atoms with E-state index in [4.69, 9.17) is 0 Å². The van der Waals surface area contributed by atoms with Gasteiger partial charge in [-0.05, 0) is 30.9 Å². The van der Waals surface area contributed by atoms with Gasteiger partial charge >= 0.3 is 0 Å². The summed E-state index contributed by atoms with van der Waals surface area (Å²) in [4.78, 5) is 35.1. The number of nitrogens with one attached hydrogen (secondary N) is 2. The van der Waals surface area contributed by atoms with Crippen molar-refractivity contribution in [2.45, 2.75) is 39.7 Å². The second-order valence-corrected chi connectivity index (χ2v) is 8.04. The van der Waals surface area contributed by atoms with Gasteiger partial charge in [0.15, 0.2) is 0 Å². The Bertz CT molecular complexity index is 958. The van der Waals surface area contributed by atoms with Crippen LogP contribution in [0.15, 0.2) is 29.1 Å². The van der Waals surface area contributed by atoms with Gasteiger partial charge in [0.05, 0.1) is 12.5 Å². The maximum atomic E-state index is 13.3. The number of aromatic amines is 1. The van der Waals surface area contributed by atoms with Crippen molar-refractivity contribution in [3.63, 3.8) is 0 Å². The van der Waals surface area contributed by atoms with Crippen LogP contribution in [0.25, 0.3) is 0 Å². The summed E-state index contributed by atoms with van der Waals surface area (Å²) in [6, 6.07) is 8.39. The van der Waals surface area contributed by atoms with E-state index >= 15 is 0 Å². The Morgan fingerprint density at radius 2 is 2.00 bits per heavy atom. The summed E-state index contributed by atoms with van der Waals surface area (Å²) >= 11 is 0. The molecule has 0 aliphatic carbocycles. The van der Waals surface area contributed by atoms with Gasteiger partial charge in [0.2, 0.25) is 5.91 Å². The number of carbonyl (C=O) groups excluding carboxylic acids is 1. The van der Waals surface area contributed by atoms with Crippen LogP contribution in [0.5, 0.6) is 0 Å². The first-order valence-electron chi connectivity index (χ1n) is 10.1. The summed E-state index contributed by atoms with van der Waals surface area (Å²) < 4.78 is 0. The zero-order chi connectivity index (χ0) is 19.8. The number of aryl methyl sites for hydroxylation is 3. The van der Waals surface area contributed by atoms with E-state index in [9.17, 15) is 9.59 Å². The minimum atomic E-state index is -0.189. The van der Waals surface area contributed by atoms with E-state index < -0.39 is 0 Å². The Labute approximate surface area is 177 Å². The van der Waals surface area contributed by atoms with Gasteiger partial charge in [0, 0.05) is 43.2 Å². The van der Waals surface area contributed by atoms with Crippen molar-refractivity contribution in [2.24, 2.45) is 11.8 Å². The Morgan fingerprint density at radius 3 is 2.69 bits per heavy atom. The molecule has 0 spiro atoms. The number of halogens is 1. The van der Waals surface area contributed by atoms with E-state index in [-0.39, 0.29) is 36.3 Å². The molecule has 2 aromatic rings.